The Bertz CT molecular complexity index is 5420. The van der Waals surface area contributed by atoms with E-state index in [0.717, 1.165) is 112 Å². The van der Waals surface area contributed by atoms with Crippen molar-refractivity contribution in [3.05, 3.63) is 288 Å². The van der Waals surface area contributed by atoms with Crippen LogP contribution in [0.5, 0.6) is 0 Å². The van der Waals surface area contributed by atoms with Gasteiger partial charge in [-0.2, -0.15) is 0 Å². The Morgan fingerprint density at radius 3 is 1.06 bits per heavy atom. The second kappa shape index (κ2) is 22.9. The Morgan fingerprint density at radius 1 is 0.292 bits per heavy atom. The average Bonchev–Trinajstić information content (AvgIpc) is 0.979. The second-order valence-electron chi connectivity index (χ2n) is 31.7. The van der Waals surface area contributed by atoms with E-state index in [1.165, 1.54) is 22.3 Å². The van der Waals surface area contributed by atoms with E-state index in [1.54, 1.807) is 4.57 Å². The standard InChI is InChI=1S/C92H88BN3/c1-88(2,3)65-43-35-60(36-44-65)71-29-23-30-72(61-37-45-66(46-38-61)89(4,5)6)86(71)95-81-54-51-69(92(13,14)15)57-78(81)93-77-53-52-70(94-79-33-21-19-27-75(79)76-28-20-22-34-80(76)94)58-82(77)96(84-56-64(55-83(95)85(84)93)59-25-17-16-18-26-59)87-73(62-39-47-67(48-40-62)90(7,8)9)31-24-32-74(87)63-41-49-68(50-42-63)91(10,11)12/h16-58H,1-15H3/i19D,20D,21D,22D,27D,28D,33D,34D. The highest BCUT2D eigenvalue weighted by Crippen LogP contribution is 2.55. The summed E-state index contributed by atoms with van der Waals surface area (Å²) in [6.45, 7) is 33.4. The van der Waals surface area contributed by atoms with E-state index in [1.807, 2.05) is 6.07 Å². The van der Waals surface area contributed by atoms with E-state index >= 15 is 0 Å². The van der Waals surface area contributed by atoms with Crippen LogP contribution in [-0.4, -0.2) is 11.3 Å². The van der Waals surface area contributed by atoms with Crippen molar-refractivity contribution in [3.8, 4) is 61.3 Å². The van der Waals surface area contributed by atoms with E-state index in [-0.39, 0.29) is 73.1 Å². The molecule has 13 aromatic rings. The summed E-state index contributed by atoms with van der Waals surface area (Å²) in [6, 6.07) is 75.0. The molecular formula is C92H88BN3. The normalized spacial score (nSPS) is 14.5. The van der Waals surface area contributed by atoms with E-state index in [4.69, 9.17) is 2.74 Å². The van der Waals surface area contributed by atoms with Crippen molar-refractivity contribution in [2.75, 3.05) is 9.80 Å². The molecule has 15 rings (SSSR count). The van der Waals surface area contributed by atoms with Crippen LogP contribution in [0.3, 0.4) is 0 Å². The molecule has 12 aromatic carbocycles. The SMILES string of the molecule is [2H]c1c([2H])c([2H])c2c(c1[2H])c1c([2H])c([2H])c([2H])c([2H])c1n2-c1ccc2c(c1)N(c1c(-c3ccc(C(C)(C)C)cc3)cccc1-c1ccc(C(C)(C)C)cc1)c1cc(-c3ccccc3)cc3c1B2c1cc(C(C)(C)C)ccc1N3c1c(-c2ccc(C(C)(C)C)cc2)cccc1-c1ccc(C(C)(C)C)cc1. The Hall–Kier alpha value is -9.90. The molecule has 4 heteroatoms. The van der Waals surface area contributed by atoms with Crippen molar-refractivity contribution >= 4 is 79.0 Å². The fourth-order valence-corrected chi connectivity index (χ4v) is 14.6. The molecule has 2 aliphatic heterocycles. The van der Waals surface area contributed by atoms with Crippen molar-refractivity contribution in [2.45, 2.75) is 131 Å². The van der Waals surface area contributed by atoms with E-state index in [9.17, 15) is 8.22 Å². The molecule has 0 atom stereocenters. The Morgan fingerprint density at radius 2 is 0.667 bits per heavy atom. The summed E-state index contributed by atoms with van der Waals surface area (Å²) in [6.07, 6.45) is 0. The molecule has 0 bridgehead atoms. The lowest BCUT2D eigenvalue weighted by Crippen LogP contribution is -2.61. The Labute approximate surface area is 582 Å². The van der Waals surface area contributed by atoms with E-state index in [0.29, 0.717) is 5.69 Å². The average molecular weight is 1250 g/mol. The van der Waals surface area contributed by atoms with Crippen LogP contribution in [0.4, 0.5) is 34.1 Å². The van der Waals surface area contributed by atoms with Gasteiger partial charge in [0.15, 0.2) is 0 Å². The highest BCUT2D eigenvalue weighted by atomic mass is 15.2. The molecule has 0 radical (unpaired) electrons. The predicted octanol–water partition coefficient (Wildman–Crippen LogP) is 23.7. The highest BCUT2D eigenvalue weighted by Gasteiger charge is 2.46. The number of hydrogen-bond acceptors (Lipinski definition) is 2. The zero-order valence-electron chi connectivity index (χ0n) is 66.1. The minimum absolute atomic E-state index is 0.0195. The maximum atomic E-state index is 9.81. The first-order valence-corrected chi connectivity index (χ1v) is 33.9. The van der Waals surface area contributed by atoms with Gasteiger partial charge in [0.1, 0.15) is 0 Å². The summed E-state index contributed by atoms with van der Waals surface area (Å²) < 4.78 is 77.0. The number of fused-ring (bicyclic) bond motifs is 7. The van der Waals surface area contributed by atoms with Crippen LogP contribution in [0.1, 0.15) is 143 Å². The van der Waals surface area contributed by atoms with Crippen molar-refractivity contribution < 1.29 is 11.0 Å². The van der Waals surface area contributed by atoms with Crippen LogP contribution in [0.15, 0.2) is 261 Å². The molecule has 0 saturated heterocycles. The molecule has 0 spiro atoms. The molecule has 1 aromatic heterocycles. The van der Waals surface area contributed by atoms with Crippen LogP contribution in [0.25, 0.3) is 83.1 Å². The molecule has 2 aliphatic rings. The van der Waals surface area contributed by atoms with Gasteiger partial charge in [-0.25, -0.2) is 0 Å². The number of benzene rings is 12. The zero-order valence-corrected chi connectivity index (χ0v) is 58.1. The largest absolute Gasteiger partial charge is 0.310 e. The fourth-order valence-electron chi connectivity index (χ4n) is 14.6. The van der Waals surface area contributed by atoms with Gasteiger partial charge in [0.25, 0.3) is 6.71 Å². The van der Waals surface area contributed by atoms with Gasteiger partial charge in [0.2, 0.25) is 0 Å². The highest BCUT2D eigenvalue weighted by molar-refractivity contribution is 7.00. The van der Waals surface area contributed by atoms with E-state index in [2.05, 4.69) is 320 Å². The molecule has 3 nitrogen and oxygen atoms in total. The quantitative estimate of drug-likeness (QED) is 0.141. The molecule has 0 aliphatic carbocycles. The van der Waals surface area contributed by atoms with Crippen molar-refractivity contribution in [2.24, 2.45) is 0 Å². The predicted molar refractivity (Wildman–Crippen MR) is 415 cm³/mol. The maximum absolute atomic E-state index is 9.81. The van der Waals surface area contributed by atoms with Gasteiger partial charge in [0, 0.05) is 61.5 Å². The maximum Gasteiger partial charge on any atom is 0.252 e. The van der Waals surface area contributed by atoms with Crippen molar-refractivity contribution in [1.29, 1.82) is 0 Å². The Balaban J connectivity index is 1.15. The lowest BCUT2D eigenvalue weighted by molar-refractivity contribution is 0.590. The van der Waals surface area contributed by atoms with Crippen molar-refractivity contribution in [3.63, 3.8) is 0 Å². The summed E-state index contributed by atoms with van der Waals surface area (Å²) in [5.41, 5.74) is 24.8. The number of hydrogen-bond donors (Lipinski definition) is 0. The number of nitrogens with zero attached hydrogens (tertiary/aromatic N) is 3. The second-order valence-corrected chi connectivity index (χ2v) is 31.7. The monoisotopic (exact) mass is 1250 g/mol. The van der Waals surface area contributed by atoms with Gasteiger partial charge in [-0.15, -0.1) is 0 Å². The lowest BCUT2D eigenvalue weighted by atomic mass is 9.33. The van der Waals surface area contributed by atoms with Crippen LogP contribution in [0.2, 0.25) is 0 Å². The Kier molecular flexibility index (Phi) is 12.7. The number of aromatic nitrogens is 1. The number of anilines is 6. The molecular weight excluding hydrogens is 1160 g/mol. The third-order valence-corrected chi connectivity index (χ3v) is 20.1. The molecule has 474 valence electrons. The van der Waals surface area contributed by atoms with Gasteiger partial charge < -0.3 is 14.4 Å². The summed E-state index contributed by atoms with van der Waals surface area (Å²) in [5.74, 6) is 0. The summed E-state index contributed by atoms with van der Waals surface area (Å²) in [7, 11) is 0. The fraction of sp³-hybridized carbons (Fsp3) is 0.217. The van der Waals surface area contributed by atoms with Gasteiger partial charge in [-0.3, -0.25) is 0 Å². The summed E-state index contributed by atoms with van der Waals surface area (Å²) in [4.78, 5) is 5.03. The van der Waals surface area contributed by atoms with Crippen LogP contribution >= 0.6 is 0 Å². The van der Waals surface area contributed by atoms with Gasteiger partial charge in [-0.05, 0) is 147 Å². The van der Waals surface area contributed by atoms with Crippen LogP contribution in [-0.2, 0) is 27.1 Å². The molecule has 96 heavy (non-hydrogen) atoms. The molecule has 3 heterocycles. The third-order valence-electron chi connectivity index (χ3n) is 20.1. The molecule has 0 unspecified atom stereocenters. The topological polar surface area (TPSA) is 11.4 Å². The third kappa shape index (κ3) is 10.8. The van der Waals surface area contributed by atoms with Crippen molar-refractivity contribution in [1.82, 2.24) is 4.57 Å². The van der Waals surface area contributed by atoms with Gasteiger partial charge in [0.05, 0.1) is 33.4 Å². The first kappa shape index (κ1) is 53.4. The number of rotatable bonds is 8. The number of para-hydroxylation sites is 4. The molecule has 0 N–H and O–H groups in total. The first-order chi connectivity index (χ1) is 49.1. The zero-order chi connectivity index (χ0) is 73.9. The minimum Gasteiger partial charge on any atom is -0.310 e. The lowest BCUT2D eigenvalue weighted by Gasteiger charge is -2.46. The van der Waals surface area contributed by atoms with Crippen LogP contribution in [0, 0.1) is 0 Å². The summed E-state index contributed by atoms with van der Waals surface area (Å²) in [5, 5.41) is 0.0390. The van der Waals surface area contributed by atoms with Crippen LogP contribution < -0.4 is 26.2 Å². The molecule has 0 fully saturated rings. The molecule has 0 amide bonds. The van der Waals surface area contributed by atoms with Gasteiger partial charge >= 0.3 is 0 Å². The van der Waals surface area contributed by atoms with E-state index < -0.39 is 30.9 Å². The first-order valence-electron chi connectivity index (χ1n) is 37.9. The van der Waals surface area contributed by atoms with Gasteiger partial charge in [-0.1, -0.05) is 322 Å². The minimum atomic E-state index is -0.492. The smallest absolute Gasteiger partial charge is 0.252 e. The molecule has 0 saturated carbocycles. The summed E-state index contributed by atoms with van der Waals surface area (Å²) >= 11 is 0.